The highest BCUT2D eigenvalue weighted by molar-refractivity contribution is 7.15. The van der Waals surface area contributed by atoms with Gasteiger partial charge in [-0.25, -0.2) is 0 Å². The van der Waals surface area contributed by atoms with Crippen LogP contribution in [0.4, 0.5) is 5.13 Å². The van der Waals surface area contributed by atoms with Crippen LogP contribution in [0.2, 0.25) is 0 Å². The molecule has 0 bridgehead atoms. The lowest BCUT2D eigenvalue weighted by Crippen LogP contribution is -2.62. The molecule has 154 valence electrons. The molecule has 29 heavy (non-hydrogen) atoms. The number of amides is 2. The molecule has 4 rings (SSSR count). The number of rotatable bonds is 5. The molecular formula is C22H28N4O2S. The van der Waals surface area contributed by atoms with E-state index in [9.17, 15) is 9.59 Å². The van der Waals surface area contributed by atoms with Gasteiger partial charge in [0.05, 0.1) is 11.5 Å². The molecule has 1 aromatic carbocycles. The molecule has 0 saturated heterocycles. The molecule has 0 radical (unpaired) electrons. The number of aryl methyl sites for hydroxylation is 1. The number of anilines is 1. The van der Waals surface area contributed by atoms with E-state index in [2.05, 4.69) is 22.4 Å². The van der Waals surface area contributed by atoms with E-state index < -0.39 is 11.5 Å². The Labute approximate surface area is 175 Å². The third-order valence-corrected chi connectivity index (χ3v) is 7.05. The first-order valence-corrected chi connectivity index (χ1v) is 11.4. The average molecular weight is 413 g/mol. The van der Waals surface area contributed by atoms with Gasteiger partial charge in [0.25, 0.3) is 5.91 Å². The monoisotopic (exact) mass is 412 g/mol. The summed E-state index contributed by atoms with van der Waals surface area (Å²) in [5, 5.41) is 12.4. The van der Waals surface area contributed by atoms with Crippen LogP contribution >= 0.6 is 11.3 Å². The summed E-state index contributed by atoms with van der Waals surface area (Å²) in [5.74, 6) is -0.394. The van der Waals surface area contributed by atoms with Gasteiger partial charge in [0.2, 0.25) is 11.0 Å². The maximum absolute atomic E-state index is 13.6. The second-order valence-electron chi connectivity index (χ2n) is 8.11. The molecule has 1 aromatic heterocycles. The van der Waals surface area contributed by atoms with Crippen LogP contribution in [0.5, 0.6) is 0 Å². The van der Waals surface area contributed by atoms with Crippen molar-refractivity contribution in [2.45, 2.75) is 70.3 Å². The highest BCUT2D eigenvalue weighted by Gasteiger charge is 2.54. The van der Waals surface area contributed by atoms with Crippen molar-refractivity contribution in [1.82, 2.24) is 15.1 Å². The highest BCUT2D eigenvalue weighted by Crippen LogP contribution is 2.49. The second kappa shape index (κ2) is 8.22. The molecule has 2 amide bonds. The summed E-state index contributed by atoms with van der Waals surface area (Å²) >= 11 is 1.38. The van der Waals surface area contributed by atoms with Crippen molar-refractivity contribution < 1.29 is 9.59 Å². The van der Waals surface area contributed by atoms with E-state index in [-0.39, 0.29) is 11.8 Å². The number of aromatic nitrogens is 2. The zero-order valence-electron chi connectivity index (χ0n) is 17.1. The molecule has 7 heteroatoms. The molecular weight excluding hydrogens is 384 g/mol. The number of nitrogens with zero attached hydrogens (tertiary/aromatic N) is 3. The molecule has 1 saturated carbocycles. The first kappa shape index (κ1) is 20.0. The predicted octanol–water partition coefficient (Wildman–Crippen LogP) is 4.53. The Hall–Kier alpha value is -2.28. The Bertz CT molecular complexity index is 904. The van der Waals surface area contributed by atoms with Gasteiger partial charge in [0.15, 0.2) is 0 Å². The number of unbranched alkanes of at least 4 members (excludes halogenated alkanes) is 1. The smallest absolute Gasteiger partial charge is 0.254 e. The number of hydrogen-bond donors (Lipinski definition) is 1. The third kappa shape index (κ3) is 3.56. The van der Waals surface area contributed by atoms with Crippen molar-refractivity contribution >= 4 is 28.3 Å². The normalized spacial score (nSPS) is 20.6. The van der Waals surface area contributed by atoms with Crippen LogP contribution in [-0.4, -0.2) is 39.0 Å². The van der Waals surface area contributed by atoms with Crippen LogP contribution in [0.1, 0.15) is 78.7 Å². The number of carbonyl (C=O) groups is 2. The quantitative estimate of drug-likeness (QED) is 0.783. The van der Waals surface area contributed by atoms with E-state index in [0.29, 0.717) is 17.2 Å². The van der Waals surface area contributed by atoms with Crippen LogP contribution in [-0.2, 0) is 4.79 Å². The number of nitrogens with one attached hydrogen (secondary N) is 1. The van der Waals surface area contributed by atoms with Gasteiger partial charge >= 0.3 is 0 Å². The SMILES string of the molecule is CCCCN1C(=O)c2ccccc2[C@@H](C(=O)Nc2nnc(C)s2)C12CCCCC2. The zero-order chi connectivity index (χ0) is 20.4. The number of carbonyl (C=O) groups excluding carboxylic acids is 2. The Morgan fingerprint density at radius 1 is 1.24 bits per heavy atom. The Morgan fingerprint density at radius 3 is 2.69 bits per heavy atom. The Morgan fingerprint density at radius 2 is 2.00 bits per heavy atom. The molecule has 1 atom stereocenters. The zero-order valence-corrected chi connectivity index (χ0v) is 17.9. The van der Waals surface area contributed by atoms with Gasteiger partial charge < -0.3 is 4.90 Å². The summed E-state index contributed by atoms with van der Waals surface area (Å²) < 4.78 is 0. The van der Waals surface area contributed by atoms with E-state index in [1.54, 1.807) is 0 Å². The van der Waals surface area contributed by atoms with Crippen molar-refractivity contribution in [3.8, 4) is 0 Å². The molecule has 2 aromatic rings. The van der Waals surface area contributed by atoms with Gasteiger partial charge in [0, 0.05) is 12.1 Å². The average Bonchev–Trinajstić information content (AvgIpc) is 3.13. The summed E-state index contributed by atoms with van der Waals surface area (Å²) in [6.07, 6.45) is 6.93. The van der Waals surface area contributed by atoms with Crippen LogP contribution in [0.15, 0.2) is 24.3 Å². The largest absolute Gasteiger partial charge is 0.332 e. The summed E-state index contributed by atoms with van der Waals surface area (Å²) in [7, 11) is 0. The molecule has 1 spiro atoms. The second-order valence-corrected chi connectivity index (χ2v) is 9.29. The fourth-order valence-corrected chi connectivity index (χ4v) is 5.60. The third-order valence-electron chi connectivity index (χ3n) is 6.30. The highest BCUT2D eigenvalue weighted by atomic mass is 32.1. The van der Waals surface area contributed by atoms with E-state index in [1.165, 1.54) is 11.3 Å². The van der Waals surface area contributed by atoms with Crippen molar-refractivity contribution in [1.29, 1.82) is 0 Å². The van der Waals surface area contributed by atoms with Crippen molar-refractivity contribution in [3.05, 3.63) is 40.4 Å². The van der Waals surface area contributed by atoms with Gasteiger partial charge in [-0.1, -0.05) is 62.1 Å². The van der Waals surface area contributed by atoms with Crippen LogP contribution in [0.3, 0.4) is 0 Å². The topological polar surface area (TPSA) is 75.2 Å². The Kier molecular flexibility index (Phi) is 5.67. The molecule has 2 aliphatic rings. The summed E-state index contributed by atoms with van der Waals surface area (Å²) in [6.45, 7) is 4.71. The minimum Gasteiger partial charge on any atom is -0.332 e. The van der Waals surface area contributed by atoms with Crippen LogP contribution in [0, 0.1) is 6.92 Å². The lowest BCUT2D eigenvalue weighted by atomic mass is 9.65. The molecule has 1 fully saturated rings. The molecule has 0 unspecified atom stereocenters. The van der Waals surface area contributed by atoms with E-state index in [1.807, 2.05) is 36.1 Å². The van der Waals surface area contributed by atoms with Crippen molar-refractivity contribution in [3.63, 3.8) is 0 Å². The van der Waals surface area contributed by atoms with Crippen LogP contribution < -0.4 is 5.32 Å². The van der Waals surface area contributed by atoms with E-state index in [0.717, 1.165) is 55.5 Å². The summed E-state index contributed by atoms with van der Waals surface area (Å²) in [4.78, 5) is 29.2. The van der Waals surface area contributed by atoms with E-state index >= 15 is 0 Å². The molecule has 1 aliphatic heterocycles. The summed E-state index contributed by atoms with van der Waals surface area (Å²) in [5.41, 5.74) is 1.06. The summed E-state index contributed by atoms with van der Waals surface area (Å²) in [6, 6.07) is 7.63. The first-order chi connectivity index (χ1) is 14.1. The standard InChI is InChI=1S/C22H28N4O2S/c1-3-4-14-26-20(28)17-11-7-6-10-16(17)18(22(26)12-8-5-9-13-22)19(27)23-21-25-24-15(2)29-21/h6-7,10-11,18H,3-5,8-9,12-14H2,1-2H3,(H,23,25,27)/t18-/m0/s1. The van der Waals surface area contributed by atoms with Crippen molar-refractivity contribution in [2.75, 3.05) is 11.9 Å². The van der Waals surface area contributed by atoms with Crippen LogP contribution in [0.25, 0.3) is 0 Å². The molecule has 1 aliphatic carbocycles. The maximum Gasteiger partial charge on any atom is 0.254 e. The minimum absolute atomic E-state index is 0.0757. The van der Waals surface area contributed by atoms with E-state index in [4.69, 9.17) is 0 Å². The van der Waals surface area contributed by atoms with Crippen molar-refractivity contribution in [2.24, 2.45) is 0 Å². The number of fused-ring (bicyclic) bond motifs is 1. The van der Waals surface area contributed by atoms with Gasteiger partial charge in [-0.15, -0.1) is 10.2 Å². The predicted molar refractivity (Wildman–Crippen MR) is 114 cm³/mol. The van der Waals surface area contributed by atoms with Gasteiger partial charge in [-0.2, -0.15) is 0 Å². The number of benzene rings is 1. The maximum atomic E-state index is 13.6. The fraction of sp³-hybridized carbons (Fsp3) is 0.545. The first-order valence-electron chi connectivity index (χ1n) is 10.6. The minimum atomic E-state index is -0.456. The fourth-order valence-electron chi connectivity index (χ4n) is 5.01. The van der Waals surface area contributed by atoms with Gasteiger partial charge in [0.1, 0.15) is 5.01 Å². The molecule has 2 heterocycles. The Balaban J connectivity index is 1.80. The van der Waals surface area contributed by atoms with Gasteiger partial charge in [-0.3, -0.25) is 14.9 Å². The lowest BCUT2D eigenvalue weighted by Gasteiger charge is -2.53. The lowest BCUT2D eigenvalue weighted by molar-refractivity contribution is -0.122. The number of hydrogen-bond acceptors (Lipinski definition) is 5. The molecule has 1 N–H and O–H groups in total. The molecule has 6 nitrogen and oxygen atoms in total. The van der Waals surface area contributed by atoms with Gasteiger partial charge in [-0.05, 0) is 37.8 Å².